The highest BCUT2D eigenvalue weighted by Gasteiger charge is 2.26. The minimum absolute atomic E-state index is 0.00200. The summed E-state index contributed by atoms with van der Waals surface area (Å²) in [5.41, 5.74) is 1.91. The summed E-state index contributed by atoms with van der Waals surface area (Å²) in [6.07, 6.45) is 3.89. The van der Waals surface area contributed by atoms with Crippen molar-refractivity contribution in [2.45, 2.75) is 38.8 Å². The largest absolute Gasteiger partial charge is 0.337 e. The van der Waals surface area contributed by atoms with Gasteiger partial charge in [0.05, 0.1) is 6.04 Å². The molecule has 0 saturated carbocycles. The van der Waals surface area contributed by atoms with Crippen LogP contribution in [0.1, 0.15) is 53.2 Å². The number of rotatable bonds is 7. The Morgan fingerprint density at radius 1 is 1.36 bits per heavy atom. The molecule has 6 heteroatoms. The Kier molecular flexibility index (Phi) is 5.48. The van der Waals surface area contributed by atoms with Gasteiger partial charge in [-0.05, 0) is 31.4 Å². The first-order valence-corrected chi connectivity index (χ1v) is 9.48. The first-order chi connectivity index (χ1) is 12.1. The molecule has 0 bridgehead atoms. The molecule has 0 N–H and O–H groups in total. The van der Waals surface area contributed by atoms with Crippen LogP contribution in [0.2, 0.25) is 0 Å². The van der Waals surface area contributed by atoms with E-state index < -0.39 is 0 Å². The molecule has 2 heterocycles. The van der Waals surface area contributed by atoms with Crippen LogP contribution in [0.15, 0.2) is 35.8 Å². The maximum absolute atomic E-state index is 12.3. The molecule has 1 aromatic carbocycles. The summed E-state index contributed by atoms with van der Waals surface area (Å²) in [5.74, 6) is 0.232. The first kappa shape index (κ1) is 17.6. The van der Waals surface area contributed by atoms with Crippen LogP contribution in [0.5, 0.6) is 0 Å². The molecule has 0 aliphatic carbocycles. The van der Waals surface area contributed by atoms with Crippen molar-refractivity contribution in [1.29, 1.82) is 0 Å². The van der Waals surface area contributed by atoms with Gasteiger partial charge in [-0.1, -0.05) is 18.2 Å². The van der Waals surface area contributed by atoms with E-state index in [4.69, 9.17) is 0 Å². The lowest BCUT2D eigenvalue weighted by Gasteiger charge is -2.23. The Labute approximate surface area is 152 Å². The average molecular weight is 357 g/mol. The molecule has 0 spiro atoms. The topological polar surface area (TPSA) is 53.5 Å². The Bertz CT molecular complexity index is 745. The van der Waals surface area contributed by atoms with Gasteiger partial charge in [-0.15, -0.1) is 11.3 Å². The number of aromatic nitrogens is 1. The van der Waals surface area contributed by atoms with E-state index >= 15 is 0 Å². The zero-order valence-corrected chi connectivity index (χ0v) is 15.5. The van der Waals surface area contributed by atoms with Gasteiger partial charge in [0.2, 0.25) is 5.91 Å². The van der Waals surface area contributed by atoms with Crippen LogP contribution in [0.4, 0.5) is 0 Å². The highest BCUT2D eigenvalue weighted by atomic mass is 32.1. The number of carbonyl (C=O) groups is 2. The molecule has 5 nitrogen and oxygen atoms in total. The number of thiazole rings is 1. The van der Waals surface area contributed by atoms with Gasteiger partial charge in [0.25, 0.3) is 5.91 Å². The van der Waals surface area contributed by atoms with Crippen molar-refractivity contribution in [3.05, 3.63) is 52.0 Å². The number of nitrogens with zero attached hydrogens (tertiary/aromatic N) is 3. The fraction of sp³-hybridized carbons (Fsp3) is 0.421. The maximum Gasteiger partial charge on any atom is 0.254 e. The summed E-state index contributed by atoms with van der Waals surface area (Å²) in [4.78, 5) is 32.5. The monoisotopic (exact) mass is 357 g/mol. The van der Waals surface area contributed by atoms with Crippen molar-refractivity contribution in [2.24, 2.45) is 0 Å². The van der Waals surface area contributed by atoms with Gasteiger partial charge < -0.3 is 9.80 Å². The summed E-state index contributed by atoms with van der Waals surface area (Å²) in [6.45, 7) is 3.38. The number of hydrogen-bond acceptors (Lipinski definition) is 4. The van der Waals surface area contributed by atoms with E-state index in [1.165, 1.54) is 0 Å². The van der Waals surface area contributed by atoms with E-state index in [9.17, 15) is 9.59 Å². The fourth-order valence-electron chi connectivity index (χ4n) is 3.07. The predicted octanol–water partition coefficient (Wildman–Crippen LogP) is 3.49. The number of hydrogen-bond donors (Lipinski definition) is 0. The Hall–Kier alpha value is -2.21. The molecule has 0 unspecified atom stereocenters. The third kappa shape index (κ3) is 3.90. The van der Waals surface area contributed by atoms with Crippen LogP contribution in [0.3, 0.4) is 0 Å². The van der Waals surface area contributed by atoms with E-state index in [1.807, 2.05) is 48.5 Å². The van der Waals surface area contributed by atoms with E-state index in [0.29, 0.717) is 19.5 Å². The lowest BCUT2D eigenvalue weighted by molar-refractivity contribution is -0.131. The van der Waals surface area contributed by atoms with Gasteiger partial charge >= 0.3 is 0 Å². The van der Waals surface area contributed by atoms with Crippen molar-refractivity contribution in [1.82, 2.24) is 14.8 Å². The molecule has 1 atom stereocenters. The van der Waals surface area contributed by atoms with Gasteiger partial charge in [-0.3, -0.25) is 9.59 Å². The van der Waals surface area contributed by atoms with Gasteiger partial charge in [-0.25, -0.2) is 4.98 Å². The van der Waals surface area contributed by atoms with Crippen molar-refractivity contribution in [2.75, 3.05) is 13.6 Å². The Morgan fingerprint density at radius 3 is 2.88 bits per heavy atom. The normalized spacial score (nSPS) is 14.5. The number of amides is 2. The smallest absolute Gasteiger partial charge is 0.254 e. The molecule has 0 saturated heterocycles. The molecule has 25 heavy (non-hydrogen) atoms. The minimum atomic E-state index is 0.00200. The van der Waals surface area contributed by atoms with Crippen molar-refractivity contribution < 1.29 is 9.59 Å². The second kappa shape index (κ2) is 7.78. The van der Waals surface area contributed by atoms with E-state index in [-0.39, 0.29) is 17.9 Å². The average Bonchev–Trinajstić information content (AvgIpc) is 3.26. The van der Waals surface area contributed by atoms with Crippen LogP contribution < -0.4 is 0 Å². The van der Waals surface area contributed by atoms with Crippen LogP contribution in [0, 0.1) is 0 Å². The lowest BCUT2D eigenvalue weighted by atomic mass is 10.1. The van der Waals surface area contributed by atoms with Crippen molar-refractivity contribution >= 4 is 23.2 Å². The van der Waals surface area contributed by atoms with Gasteiger partial charge in [-0.2, -0.15) is 0 Å². The van der Waals surface area contributed by atoms with Crippen LogP contribution in [0.25, 0.3) is 0 Å². The molecule has 3 rings (SSSR count). The molecule has 0 radical (unpaired) electrons. The van der Waals surface area contributed by atoms with E-state index in [2.05, 4.69) is 4.98 Å². The number of unbranched alkanes of at least 4 members (excludes halogenated alkanes) is 1. The third-order valence-corrected chi connectivity index (χ3v) is 5.69. The second-order valence-electron chi connectivity index (χ2n) is 6.39. The summed E-state index contributed by atoms with van der Waals surface area (Å²) < 4.78 is 0. The van der Waals surface area contributed by atoms with E-state index in [0.717, 1.165) is 29.0 Å². The number of carbonyl (C=O) groups excluding carboxylic acids is 2. The minimum Gasteiger partial charge on any atom is -0.337 e. The van der Waals surface area contributed by atoms with Crippen LogP contribution >= 0.6 is 11.3 Å². The van der Waals surface area contributed by atoms with Crippen molar-refractivity contribution in [3.8, 4) is 0 Å². The second-order valence-corrected chi connectivity index (χ2v) is 7.32. The van der Waals surface area contributed by atoms with Crippen LogP contribution in [-0.2, 0) is 11.3 Å². The summed E-state index contributed by atoms with van der Waals surface area (Å²) in [6, 6.07) is 7.76. The standard InChI is InChI=1S/C19H23N3O2S/c1-14(18-20-10-12-25-18)21(2)17(23)9-5-6-11-22-13-15-7-3-4-8-16(15)19(22)24/h3-4,7-8,10,12,14H,5-6,9,11,13H2,1-2H3/t14-/m0/s1. The summed E-state index contributed by atoms with van der Waals surface area (Å²) in [5, 5.41) is 2.88. The zero-order valence-electron chi connectivity index (χ0n) is 14.6. The molecule has 2 aromatic rings. The number of benzene rings is 1. The molecule has 1 aliphatic heterocycles. The molecule has 132 valence electrons. The fourth-order valence-corrected chi connectivity index (χ4v) is 3.81. The van der Waals surface area contributed by atoms with Crippen molar-refractivity contribution in [3.63, 3.8) is 0 Å². The van der Waals surface area contributed by atoms with Gasteiger partial charge in [0.15, 0.2) is 0 Å². The molecular formula is C19H23N3O2S. The quantitative estimate of drug-likeness (QED) is 0.713. The Balaban J connectivity index is 1.42. The number of fused-ring (bicyclic) bond motifs is 1. The maximum atomic E-state index is 12.3. The molecule has 2 amide bonds. The zero-order chi connectivity index (χ0) is 17.8. The molecule has 0 fully saturated rings. The predicted molar refractivity (Wildman–Crippen MR) is 98.3 cm³/mol. The van der Waals surface area contributed by atoms with Gasteiger partial charge in [0.1, 0.15) is 5.01 Å². The van der Waals surface area contributed by atoms with Crippen LogP contribution in [-0.4, -0.2) is 40.2 Å². The highest BCUT2D eigenvalue weighted by Crippen LogP contribution is 2.23. The van der Waals surface area contributed by atoms with Gasteiger partial charge in [0, 0.05) is 43.7 Å². The SMILES string of the molecule is C[C@@H](c1nccs1)N(C)C(=O)CCCCN1Cc2ccccc2C1=O. The summed E-state index contributed by atoms with van der Waals surface area (Å²) >= 11 is 1.57. The lowest BCUT2D eigenvalue weighted by Crippen LogP contribution is -2.30. The van der Waals surface area contributed by atoms with E-state index in [1.54, 1.807) is 22.4 Å². The Morgan fingerprint density at radius 2 is 2.16 bits per heavy atom. The molecule has 1 aromatic heterocycles. The first-order valence-electron chi connectivity index (χ1n) is 8.60. The molecular weight excluding hydrogens is 334 g/mol. The third-order valence-electron chi connectivity index (χ3n) is 4.75. The summed E-state index contributed by atoms with van der Waals surface area (Å²) in [7, 11) is 1.83. The molecule has 1 aliphatic rings. The highest BCUT2D eigenvalue weighted by molar-refractivity contribution is 7.09.